The molecule has 18 heavy (non-hydrogen) atoms. The Morgan fingerprint density at radius 3 is 2.83 bits per heavy atom. The zero-order valence-electron chi connectivity index (χ0n) is 10.2. The van der Waals surface area contributed by atoms with Gasteiger partial charge in [-0.15, -0.1) is 24.0 Å². The minimum atomic E-state index is -0.282. The highest BCUT2D eigenvalue weighted by Gasteiger charge is 2.00. The quantitative estimate of drug-likeness (QED) is 0.326. The molecule has 0 amide bonds. The number of rotatable bonds is 5. The topological polar surface area (TPSA) is 50.4 Å². The van der Waals surface area contributed by atoms with E-state index in [9.17, 15) is 4.39 Å². The Morgan fingerprint density at radius 1 is 1.50 bits per heavy atom. The molecule has 0 saturated carbocycles. The molecule has 1 aromatic carbocycles. The lowest BCUT2D eigenvalue weighted by Crippen LogP contribution is -2.32. The fraction of sp³-hybridized carbons (Fsp3) is 0.417. The molecular weight excluding hydrogens is 412 g/mol. The van der Waals surface area contributed by atoms with Crippen molar-refractivity contribution in [1.29, 1.82) is 0 Å². The lowest BCUT2D eigenvalue weighted by atomic mass is 10.2. The van der Waals surface area contributed by atoms with Crippen LogP contribution in [0.3, 0.4) is 0 Å². The number of hydrogen-bond acceptors (Lipinski definition) is 1. The smallest absolute Gasteiger partial charge is 0.188 e. The van der Waals surface area contributed by atoms with Gasteiger partial charge in [-0.05, 0) is 40.0 Å². The number of hydrogen-bond donors (Lipinski definition) is 2. The number of benzene rings is 1. The molecule has 1 rings (SSSR count). The molecule has 3 N–H and O–H groups in total. The lowest BCUT2D eigenvalue weighted by molar-refractivity contribution is 0.618. The van der Waals surface area contributed by atoms with E-state index in [2.05, 4.69) is 33.2 Å². The maximum absolute atomic E-state index is 13.2. The number of aliphatic imine (C=N–C) groups is 1. The second-order valence-electron chi connectivity index (χ2n) is 3.73. The van der Waals surface area contributed by atoms with Crippen LogP contribution in [0.15, 0.2) is 27.7 Å². The standard InChI is InChI=1S/C12H17BrFN3.HI/c1-2-3-6-16-12(15)17-8-9-4-5-10(13)11(14)7-9;/h4-5,7H,2-3,6,8H2,1H3,(H3,15,16,17);1H. The molecule has 0 unspecified atom stereocenters. The van der Waals surface area contributed by atoms with Gasteiger partial charge in [-0.2, -0.15) is 0 Å². The van der Waals surface area contributed by atoms with E-state index < -0.39 is 0 Å². The van der Waals surface area contributed by atoms with E-state index in [0.717, 1.165) is 24.9 Å². The van der Waals surface area contributed by atoms with Crippen molar-refractivity contribution in [1.82, 2.24) is 5.32 Å². The molecule has 3 nitrogen and oxygen atoms in total. The van der Waals surface area contributed by atoms with Crippen molar-refractivity contribution in [3.8, 4) is 0 Å². The van der Waals surface area contributed by atoms with Gasteiger partial charge in [0, 0.05) is 6.54 Å². The fourth-order valence-electron chi connectivity index (χ4n) is 1.26. The van der Waals surface area contributed by atoms with E-state index in [-0.39, 0.29) is 29.8 Å². The van der Waals surface area contributed by atoms with Crippen LogP contribution in [0.25, 0.3) is 0 Å². The van der Waals surface area contributed by atoms with Crippen LogP contribution in [0.1, 0.15) is 25.3 Å². The predicted molar refractivity (Wildman–Crippen MR) is 87.8 cm³/mol. The van der Waals surface area contributed by atoms with Crippen molar-refractivity contribution in [2.75, 3.05) is 6.54 Å². The van der Waals surface area contributed by atoms with Gasteiger partial charge < -0.3 is 11.1 Å². The molecule has 0 radical (unpaired) electrons. The molecule has 0 saturated heterocycles. The zero-order chi connectivity index (χ0) is 12.7. The molecule has 0 aliphatic heterocycles. The summed E-state index contributed by atoms with van der Waals surface area (Å²) in [5, 5.41) is 3.00. The Balaban J connectivity index is 0.00000289. The number of nitrogens with zero attached hydrogens (tertiary/aromatic N) is 1. The van der Waals surface area contributed by atoms with E-state index in [1.807, 2.05) is 6.07 Å². The first kappa shape index (κ1) is 17.6. The Hall–Kier alpha value is -0.370. The van der Waals surface area contributed by atoms with Crippen LogP contribution in [0, 0.1) is 5.82 Å². The van der Waals surface area contributed by atoms with E-state index in [0.29, 0.717) is 17.0 Å². The van der Waals surface area contributed by atoms with Crippen molar-refractivity contribution >= 4 is 45.9 Å². The van der Waals surface area contributed by atoms with E-state index in [1.54, 1.807) is 6.07 Å². The third-order valence-electron chi connectivity index (χ3n) is 2.25. The molecule has 0 fully saturated rings. The van der Waals surface area contributed by atoms with Gasteiger partial charge in [-0.3, -0.25) is 0 Å². The molecular formula is C12H18BrFIN3. The van der Waals surface area contributed by atoms with Crippen LogP contribution >= 0.6 is 39.9 Å². The van der Waals surface area contributed by atoms with E-state index in [4.69, 9.17) is 5.73 Å². The summed E-state index contributed by atoms with van der Waals surface area (Å²) in [7, 11) is 0. The highest BCUT2D eigenvalue weighted by Crippen LogP contribution is 2.16. The summed E-state index contributed by atoms with van der Waals surface area (Å²) in [4.78, 5) is 4.14. The molecule has 1 aromatic rings. The van der Waals surface area contributed by atoms with Crippen molar-refractivity contribution in [3.05, 3.63) is 34.1 Å². The first-order valence-electron chi connectivity index (χ1n) is 5.61. The van der Waals surface area contributed by atoms with Gasteiger partial charge in [0.1, 0.15) is 5.82 Å². The summed E-state index contributed by atoms with van der Waals surface area (Å²) in [6.07, 6.45) is 2.17. The highest BCUT2D eigenvalue weighted by atomic mass is 127. The molecule has 0 spiro atoms. The summed E-state index contributed by atoms with van der Waals surface area (Å²) in [5.41, 5.74) is 6.46. The van der Waals surface area contributed by atoms with Crippen molar-refractivity contribution in [2.24, 2.45) is 10.7 Å². The molecule has 6 heteroatoms. The summed E-state index contributed by atoms with van der Waals surface area (Å²) >= 11 is 3.10. The second-order valence-corrected chi connectivity index (χ2v) is 4.58. The van der Waals surface area contributed by atoms with Gasteiger partial charge in [0.2, 0.25) is 0 Å². The fourth-order valence-corrected chi connectivity index (χ4v) is 1.51. The summed E-state index contributed by atoms with van der Waals surface area (Å²) in [6, 6.07) is 4.93. The maximum atomic E-state index is 13.2. The van der Waals surface area contributed by atoms with Gasteiger partial charge in [0.15, 0.2) is 5.96 Å². The van der Waals surface area contributed by atoms with Crippen LogP contribution in [0.5, 0.6) is 0 Å². The van der Waals surface area contributed by atoms with Gasteiger partial charge >= 0.3 is 0 Å². The average molecular weight is 430 g/mol. The normalized spacial score (nSPS) is 10.9. The third kappa shape index (κ3) is 6.53. The first-order valence-corrected chi connectivity index (χ1v) is 6.40. The van der Waals surface area contributed by atoms with Gasteiger partial charge in [0.25, 0.3) is 0 Å². The molecule has 0 atom stereocenters. The first-order chi connectivity index (χ1) is 8.13. The zero-order valence-corrected chi connectivity index (χ0v) is 14.2. The van der Waals surface area contributed by atoms with Crippen molar-refractivity contribution in [3.63, 3.8) is 0 Å². The van der Waals surface area contributed by atoms with E-state index >= 15 is 0 Å². The lowest BCUT2D eigenvalue weighted by Gasteiger charge is -2.04. The average Bonchev–Trinajstić information content (AvgIpc) is 2.31. The van der Waals surface area contributed by atoms with Gasteiger partial charge in [0.05, 0.1) is 11.0 Å². The monoisotopic (exact) mass is 429 g/mol. The van der Waals surface area contributed by atoms with Crippen LogP contribution in [0.4, 0.5) is 4.39 Å². The van der Waals surface area contributed by atoms with Crippen molar-refractivity contribution < 1.29 is 4.39 Å². The van der Waals surface area contributed by atoms with Crippen LogP contribution in [-0.4, -0.2) is 12.5 Å². The maximum Gasteiger partial charge on any atom is 0.188 e. The van der Waals surface area contributed by atoms with Crippen molar-refractivity contribution in [2.45, 2.75) is 26.3 Å². The molecule has 102 valence electrons. The number of guanidine groups is 1. The van der Waals surface area contributed by atoms with Crippen LogP contribution in [0.2, 0.25) is 0 Å². The summed E-state index contributed by atoms with van der Waals surface area (Å²) in [6.45, 7) is 3.31. The Bertz CT molecular complexity index is 399. The third-order valence-corrected chi connectivity index (χ3v) is 2.90. The summed E-state index contributed by atoms with van der Waals surface area (Å²) in [5.74, 6) is 0.122. The minimum absolute atomic E-state index is 0. The molecule has 0 aliphatic rings. The SMILES string of the molecule is CCCCNC(N)=NCc1ccc(Br)c(F)c1.I. The second kappa shape index (κ2) is 9.55. The minimum Gasteiger partial charge on any atom is -0.370 e. The van der Waals surface area contributed by atoms with Crippen LogP contribution < -0.4 is 11.1 Å². The number of unbranched alkanes of at least 4 members (excludes halogenated alkanes) is 1. The molecule has 0 aromatic heterocycles. The predicted octanol–water partition coefficient (Wildman–Crippen LogP) is 3.41. The number of nitrogens with two attached hydrogens (primary N) is 1. The molecule has 0 heterocycles. The molecule has 0 aliphatic carbocycles. The highest BCUT2D eigenvalue weighted by molar-refractivity contribution is 14.0. The summed E-state index contributed by atoms with van der Waals surface area (Å²) < 4.78 is 13.7. The Morgan fingerprint density at radius 2 is 2.22 bits per heavy atom. The van der Waals surface area contributed by atoms with Gasteiger partial charge in [-0.1, -0.05) is 19.4 Å². The van der Waals surface area contributed by atoms with Crippen LogP contribution in [-0.2, 0) is 6.54 Å². The van der Waals surface area contributed by atoms with Gasteiger partial charge in [-0.25, -0.2) is 9.38 Å². The largest absolute Gasteiger partial charge is 0.370 e. The molecule has 0 bridgehead atoms. The Kier molecular flexibility index (Phi) is 9.35. The Labute approximate surface area is 133 Å². The number of nitrogens with one attached hydrogen (secondary N) is 1. The number of halogens is 3. The van der Waals surface area contributed by atoms with E-state index in [1.165, 1.54) is 6.07 Å².